The van der Waals surface area contributed by atoms with Gasteiger partial charge in [0.2, 0.25) is 10.0 Å². The van der Waals surface area contributed by atoms with Gasteiger partial charge in [-0.25, -0.2) is 17.6 Å². The van der Waals surface area contributed by atoms with Gasteiger partial charge in [-0.1, -0.05) is 6.07 Å². The number of sulfonamides is 1. The molecule has 7 nitrogen and oxygen atoms in total. The number of rotatable bonds is 6. The number of ether oxygens (including phenoxy) is 1. The lowest BCUT2D eigenvalue weighted by Gasteiger charge is -2.35. The number of esters is 1. The van der Waals surface area contributed by atoms with Crippen molar-refractivity contribution >= 4 is 48.9 Å². The van der Waals surface area contributed by atoms with Crippen LogP contribution in [0.1, 0.15) is 33.9 Å². The number of carbonyl (C=O) groups is 2. The number of benzene rings is 2. The molecule has 1 aliphatic rings. The molecule has 4 rings (SSSR count). The van der Waals surface area contributed by atoms with Crippen LogP contribution in [0.4, 0.5) is 10.1 Å². The third-order valence-electron chi connectivity index (χ3n) is 5.56. The lowest BCUT2D eigenvalue weighted by atomic mass is 10.1. The quantitative estimate of drug-likeness (QED) is 0.385. The molecule has 0 atom stereocenters. The minimum Gasteiger partial charge on any atom is -0.462 e. The van der Waals surface area contributed by atoms with Crippen molar-refractivity contribution in [3.8, 4) is 0 Å². The van der Waals surface area contributed by atoms with Gasteiger partial charge in [0, 0.05) is 47.5 Å². The number of hydrogen-bond donors (Lipinski definition) is 0. The van der Waals surface area contributed by atoms with E-state index in [1.807, 2.05) is 17.0 Å². The molecule has 0 bridgehead atoms. The van der Waals surface area contributed by atoms with E-state index in [9.17, 15) is 22.4 Å². The second-order valence-corrected chi connectivity index (χ2v) is 10.5. The molecular formula is C23H23FN2O5S2. The Morgan fingerprint density at radius 1 is 1.06 bits per heavy atom. The summed E-state index contributed by atoms with van der Waals surface area (Å²) in [6.07, 6.45) is 0. The van der Waals surface area contributed by atoms with E-state index in [0.29, 0.717) is 23.4 Å². The number of nitrogens with zero attached hydrogens (tertiary/aromatic N) is 2. The fourth-order valence-electron chi connectivity index (χ4n) is 3.88. The third kappa shape index (κ3) is 4.38. The zero-order valence-electron chi connectivity index (χ0n) is 18.2. The van der Waals surface area contributed by atoms with Gasteiger partial charge >= 0.3 is 5.97 Å². The predicted octanol–water partition coefficient (Wildman–Crippen LogP) is 3.93. The number of ketones is 1. The molecule has 2 heterocycles. The van der Waals surface area contributed by atoms with Gasteiger partial charge < -0.3 is 9.64 Å². The molecule has 174 valence electrons. The number of fused-ring (bicyclic) bond motifs is 1. The number of halogens is 1. The second kappa shape index (κ2) is 9.20. The van der Waals surface area contributed by atoms with Crippen molar-refractivity contribution in [2.24, 2.45) is 0 Å². The minimum absolute atomic E-state index is 0.0231. The highest BCUT2D eigenvalue weighted by molar-refractivity contribution is 7.89. The Kier molecular flexibility index (Phi) is 6.51. The summed E-state index contributed by atoms with van der Waals surface area (Å²) >= 11 is 0.920. The molecule has 10 heteroatoms. The Morgan fingerprint density at radius 3 is 2.33 bits per heavy atom. The Hall–Kier alpha value is -2.82. The van der Waals surface area contributed by atoms with E-state index in [1.54, 1.807) is 25.1 Å². The van der Waals surface area contributed by atoms with E-state index < -0.39 is 21.8 Å². The predicted molar refractivity (Wildman–Crippen MR) is 125 cm³/mol. The van der Waals surface area contributed by atoms with Crippen LogP contribution in [-0.4, -0.2) is 57.3 Å². The first-order valence-electron chi connectivity index (χ1n) is 10.5. The summed E-state index contributed by atoms with van der Waals surface area (Å²) in [6.45, 7) is 4.38. The summed E-state index contributed by atoms with van der Waals surface area (Å²) in [7, 11) is -4.15. The monoisotopic (exact) mass is 490 g/mol. The maximum absolute atomic E-state index is 14.7. The van der Waals surface area contributed by atoms with Crippen LogP contribution in [0, 0.1) is 5.82 Å². The van der Waals surface area contributed by atoms with E-state index in [2.05, 4.69) is 0 Å². The standard InChI is InChI=1S/C23H23FN2O5S2/c1-3-31-23(28)21-22(20-18(24)5-4-6-19(20)32-21)33(29,30)26-13-11-25(12-14-26)17-9-7-16(8-10-17)15(2)27/h4-10H,3,11-14H2,1-2H3. The summed E-state index contributed by atoms with van der Waals surface area (Å²) < 4.78 is 48.7. The first kappa shape index (κ1) is 23.3. The molecule has 0 amide bonds. The van der Waals surface area contributed by atoms with Crippen molar-refractivity contribution in [2.45, 2.75) is 18.7 Å². The average molecular weight is 491 g/mol. The van der Waals surface area contributed by atoms with Crippen LogP contribution >= 0.6 is 11.3 Å². The molecule has 1 fully saturated rings. The van der Waals surface area contributed by atoms with Crippen LogP contribution in [0.5, 0.6) is 0 Å². The lowest BCUT2D eigenvalue weighted by molar-refractivity contribution is 0.0528. The molecule has 0 spiro atoms. The van der Waals surface area contributed by atoms with Crippen molar-refractivity contribution in [1.29, 1.82) is 0 Å². The highest BCUT2D eigenvalue weighted by Crippen LogP contribution is 2.38. The minimum atomic E-state index is -4.15. The van der Waals surface area contributed by atoms with Gasteiger partial charge in [0.1, 0.15) is 15.6 Å². The van der Waals surface area contributed by atoms with Crippen molar-refractivity contribution in [3.63, 3.8) is 0 Å². The smallest absolute Gasteiger partial charge is 0.349 e. The number of hydrogen-bond acceptors (Lipinski definition) is 7. The van der Waals surface area contributed by atoms with E-state index >= 15 is 0 Å². The molecular weight excluding hydrogens is 467 g/mol. The van der Waals surface area contributed by atoms with Crippen molar-refractivity contribution in [3.05, 3.63) is 58.7 Å². The summed E-state index contributed by atoms with van der Waals surface area (Å²) in [4.78, 5) is 25.6. The Bertz CT molecular complexity index is 1310. The van der Waals surface area contributed by atoms with Crippen LogP contribution in [0.15, 0.2) is 47.4 Å². The zero-order chi connectivity index (χ0) is 23.8. The Morgan fingerprint density at radius 2 is 1.73 bits per heavy atom. The van der Waals surface area contributed by atoms with Crippen LogP contribution in [0.25, 0.3) is 10.1 Å². The molecule has 0 N–H and O–H groups in total. The summed E-state index contributed by atoms with van der Waals surface area (Å²) in [5, 5.41) is -0.0761. The van der Waals surface area contributed by atoms with Gasteiger partial charge in [0.05, 0.1) is 6.61 Å². The molecule has 0 unspecified atom stereocenters. The van der Waals surface area contributed by atoms with E-state index in [1.165, 1.54) is 23.4 Å². The molecule has 1 aromatic heterocycles. The molecule has 0 radical (unpaired) electrons. The second-order valence-electron chi connectivity index (χ2n) is 7.59. The third-order valence-corrected chi connectivity index (χ3v) is 8.79. The summed E-state index contributed by atoms with van der Waals surface area (Å²) in [5.74, 6) is -1.49. The van der Waals surface area contributed by atoms with Gasteiger partial charge in [-0.3, -0.25) is 4.79 Å². The van der Waals surface area contributed by atoms with Crippen LogP contribution in [0.3, 0.4) is 0 Å². The van der Waals surface area contributed by atoms with Crippen molar-refractivity contribution in [2.75, 3.05) is 37.7 Å². The average Bonchev–Trinajstić information content (AvgIpc) is 3.21. The molecule has 33 heavy (non-hydrogen) atoms. The molecule has 2 aromatic carbocycles. The number of piperazine rings is 1. The van der Waals surface area contributed by atoms with Gasteiger partial charge in [0.25, 0.3) is 0 Å². The topological polar surface area (TPSA) is 84.0 Å². The van der Waals surface area contributed by atoms with Crippen LogP contribution in [0.2, 0.25) is 0 Å². The fourth-order valence-corrected chi connectivity index (χ4v) is 7.08. The maximum atomic E-state index is 14.7. The first-order valence-corrected chi connectivity index (χ1v) is 12.7. The van der Waals surface area contributed by atoms with Crippen molar-refractivity contribution < 1.29 is 27.1 Å². The number of anilines is 1. The van der Waals surface area contributed by atoms with Crippen LogP contribution in [-0.2, 0) is 14.8 Å². The first-order chi connectivity index (χ1) is 15.7. The lowest BCUT2D eigenvalue weighted by Crippen LogP contribution is -2.48. The van der Waals surface area contributed by atoms with E-state index in [-0.39, 0.29) is 40.6 Å². The summed E-state index contributed by atoms with van der Waals surface area (Å²) in [5.41, 5.74) is 1.49. The zero-order valence-corrected chi connectivity index (χ0v) is 19.8. The molecule has 3 aromatic rings. The number of carbonyl (C=O) groups excluding carboxylic acids is 2. The highest BCUT2D eigenvalue weighted by atomic mass is 32.2. The van der Waals surface area contributed by atoms with Gasteiger partial charge in [-0.2, -0.15) is 4.31 Å². The van der Waals surface area contributed by atoms with E-state index in [4.69, 9.17) is 4.74 Å². The van der Waals surface area contributed by atoms with Gasteiger partial charge in [-0.05, 0) is 50.2 Å². The van der Waals surface area contributed by atoms with Crippen LogP contribution < -0.4 is 4.90 Å². The van der Waals surface area contributed by atoms with Gasteiger partial charge in [-0.15, -0.1) is 11.3 Å². The summed E-state index contributed by atoms with van der Waals surface area (Å²) in [6, 6.07) is 11.4. The SMILES string of the molecule is CCOC(=O)c1sc2cccc(F)c2c1S(=O)(=O)N1CCN(c2ccc(C(C)=O)cc2)CC1. The largest absolute Gasteiger partial charge is 0.462 e. The fraction of sp³-hybridized carbons (Fsp3) is 0.304. The molecule has 1 saturated heterocycles. The Balaban J connectivity index is 1.64. The Labute approximate surface area is 195 Å². The van der Waals surface area contributed by atoms with Crippen molar-refractivity contribution in [1.82, 2.24) is 4.31 Å². The highest BCUT2D eigenvalue weighted by Gasteiger charge is 2.36. The van der Waals surface area contributed by atoms with Gasteiger partial charge in [0.15, 0.2) is 5.78 Å². The maximum Gasteiger partial charge on any atom is 0.349 e. The van der Waals surface area contributed by atoms with E-state index in [0.717, 1.165) is 17.0 Å². The normalized spacial score (nSPS) is 15.1. The molecule has 0 aliphatic carbocycles. The number of Topliss-reactive ketones (excluding diaryl/α,β-unsaturated/α-hetero) is 1. The molecule has 0 saturated carbocycles. The number of thiophene rings is 1. The molecule has 1 aliphatic heterocycles.